The van der Waals surface area contributed by atoms with Gasteiger partial charge in [-0.1, -0.05) is 25.1 Å². The highest BCUT2D eigenvalue weighted by Crippen LogP contribution is 2.37. The highest BCUT2D eigenvalue weighted by atomic mass is 32.2. The van der Waals surface area contributed by atoms with Gasteiger partial charge in [-0.3, -0.25) is 4.31 Å². The molecule has 0 fully saturated rings. The topological polar surface area (TPSA) is 46.6 Å². The second-order valence-electron chi connectivity index (χ2n) is 5.90. The Morgan fingerprint density at radius 3 is 2.57 bits per heavy atom. The monoisotopic (exact) mass is 331 g/mol. The number of fused-ring (bicyclic) bond motifs is 1. The molecule has 0 aromatic heterocycles. The van der Waals surface area contributed by atoms with Crippen LogP contribution in [-0.4, -0.2) is 21.1 Å². The van der Waals surface area contributed by atoms with Crippen LogP contribution in [0.2, 0.25) is 0 Å². The summed E-state index contributed by atoms with van der Waals surface area (Å²) in [6, 6.07) is 12.6. The molecule has 1 heterocycles. The molecule has 1 unspecified atom stereocenters. The van der Waals surface area contributed by atoms with Gasteiger partial charge in [0.15, 0.2) is 0 Å². The number of anilines is 1. The predicted molar refractivity (Wildman–Crippen MR) is 91.6 cm³/mol. The highest BCUT2D eigenvalue weighted by Gasteiger charge is 2.33. The van der Waals surface area contributed by atoms with Gasteiger partial charge in [0.25, 0.3) is 10.0 Å². The standard InChI is InChI=1S/C18H21NO3S/c1-4-15-12-19(17-7-5-6-8-18(17)22-15)23(20,21)16-10-9-13(2)14(3)11-16/h5-11,15H,4,12H2,1-3H3. The Kier molecular flexibility index (Phi) is 4.06. The fourth-order valence-electron chi connectivity index (χ4n) is 2.70. The molecular formula is C18H21NO3S. The average Bonchev–Trinajstić information content (AvgIpc) is 2.56. The van der Waals surface area contributed by atoms with Crippen molar-refractivity contribution in [1.82, 2.24) is 0 Å². The van der Waals surface area contributed by atoms with E-state index in [4.69, 9.17) is 4.74 Å². The van der Waals surface area contributed by atoms with Crippen LogP contribution in [0.25, 0.3) is 0 Å². The van der Waals surface area contributed by atoms with Gasteiger partial charge >= 0.3 is 0 Å². The van der Waals surface area contributed by atoms with Crippen molar-refractivity contribution in [1.29, 1.82) is 0 Å². The summed E-state index contributed by atoms with van der Waals surface area (Å²) in [5.41, 5.74) is 2.66. The van der Waals surface area contributed by atoms with Crippen LogP contribution in [0.15, 0.2) is 47.4 Å². The fraction of sp³-hybridized carbons (Fsp3) is 0.333. The largest absolute Gasteiger partial charge is 0.486 e. The maximum absolute atomic E-state index is 13.1. The van der Waals surface area contributed by atoms with Crippen molar-refractivity contribution in [3.8, 4) is 5.75 Å². The summed E-state index contributed by atoms with van der Waals surface area (Å²) in [5.74, 6) is 0.623. The van der Waals surface area contributed by atoms with Gasteiger partial charge in [0.1, 0.15) is 11.9 Å². The molecule has 4 nitrogen and oxygen atoms in total. The molecule has 0 amide bonds. The van der Waals surface area contributed by atoms with Crippen LogP contribution >= 0.6 is 0 Å². The van der Waals surface area contributed by atoms with E-state index in [1.165, 1.54) is 4.31 Å². The van der Waals surface area contributed by atoms with Crippen LogP contribution in [0.3, 0.4) is 0 Å². The molecule has 0 spiro atoms. The Balaban J connectivity index is 2.10. The first-order chi connectivity index (χ1) is 10.9. The van der Waals surface area contributed by atoms with Crippen molar-refractivity contribution >= 4 is 15.7 Å². The zero-order valence-electron chi connectivity index (χ0n) is 13.6. The maximum atomic E-state index is 13.1. The number of aryl methyl sites for hydroxylation is 2. The molecule has 0 radical (unpaired) electrons. The van der Waals surface area contributed by atoms with E-state index < -0.39 is 10.0 Å². The molecule has 2 aromatic rings. The lowest BCUT2D eigenvalue weighted by molar-refractivity contribution is 0.196. The summed E-state index contributed by atoms with van der Waals surface area (Å²) in [4.78, 5) is 0.326. The zero-order valence-corrected chi connectivity index (χ0v) is 14.4. The lowest BCUT2D eigenvalue weighted by Crippen LogP contribution is -2.43. The van der Waals surface area contributed by atoms with Crippen molar-refractivity contribution in [2.45, 2.75) is 38.2 Å². The first-order valence-electron chi connectivity index (χ1n) is 7.79. The van der Waals surface area contributed by atoms with Crippen LogP contribution in [0.5, 0.6) is 5.75 Å². The SMILES string of the molecule is CCC1CN(S(=O)(=O)c2ccc(C)c(C)c2)c2ccccc2O1. The third kappa shape index (κ3) is 2.81. The van der Waals surface area contributed by atoms with Crippen molar-refractivity contribution in [2.75, 3.05) is 10.8 Å². The van der Waals surface area contributed by atoms with E-state index in [1.807, 2.05) is 45.0 Å². The van der Waals surface area contributed by atoms with Crippen LogP contribution in [0.1, 0.15) is 24.5 Å². The van der Waals surface area contributed by atoms with E-state index in [2.05, 4.69) is 0 Å². The number of nitrogens with zero attached hydrogens (tertiary/aromatic N) is 1. The Bertz CT molecular complexity index is 830. The van der Waals surface area contributed by atoms with Crippen molar-refractivity contribution in [2.24, 2.45) is 0 Å². The first-order valence-corrected chi connectivity index (χ1v) is 9.23. The van der Waals surface area contributed by atoms with Gasteiger partial charge in [0, 0.05) is 0 Å². The molecule has 5 heteroatoms. The second-order valence-corrected chi connectivity index (χ2v) is 7.76. The molecule has 1 aliphatic rings. The van der Waals surface area contributed by atoms with Crippen molar-refractivity contribution in [3.63, 3.8) is 0 Å². The Hall–Kier alpha value is -2.01. The van der Waals surface area contributed by atoms with E-state index in [9.17, 15) is 8.42 Å². The number of rotatable bonds is 3. The van der Waals surface area contributed by atoms with E-state index in [1.54, 1.807) is 18.2 Å². The number of sulfonamides is 1. The highest BCUT2D eigenvalue weighted by molar-refractivity contribution is 7.92. The minimum atomic E-state index is -3.60. The fourth-order valence-corrected chi connectivity index (χ4v) is 4.30. The average molecular weight is 331 g/mol. The maximum Gasteiger partial charge on any atom is 0.264 e. The quantitative estimate of drug-likeness (QED) is 0.862. The Morgan fingerprint density at radius 2 is 1.87 bits per heavy atom. The van der Waals surface area contributed by atoms with E-state index in [0.29, 0.717) is 22.9 Å². The molecular weight excluding hydrogens is 310 g/mol. The zero-order chi connectivity index (χ0) is 16.6. The van der Waals surface area contributed by atoms with Crippen molar-refractivity contribution < 1.29 is 13.2 Å². The molecule has 0 N–H and O–H groups in total. The van der Waals surface area contributed by atoms with Gasteiger partial charge < -0.3 is 4.74 Å². The summed E-state index contributed by atoms with van der Waals surface area (Å²) in [7, 11) is -3.60. The molecule has 122 valence electrons. The second kappa shape index (κ2) is 5.89. The number of hydrogen-bond acceptors (Lipinski definition) is 3. The molecule has 0 bridgehead atoms. The first kappa shape index (κ1) is 15.9. The molecule has 23 heavy (non-hydrogen) atoms. The van der Waals surface area contributed by atoms with Crippen LogP contribution in [0, 0.1) is 13.8 Å². The van der Waals surface area contributed by atoms with E-state index >= 15 is 0 Å². The third-order valence-corrected chi connectivity index (χ3v) is 6.09. The molecule has 1 atom stereocenters. The predicted octanol–water partition coefficient (Wildman–Crippen LogP) is 3.67. The number of hydrogen-bond donors (Lipinski definition) is 0. The van der Waals surface area contributed by atoms with Gasteiger partial charge in [-0.15, -0.1) is 0 Å². The molecule has 3 rings (SSSR count). The van der Waals surface area contributed by atoms with Gasteiger partial charge in [0.05, 0.1) is 17.1 Å². The number of benzene rings is 2. The Labute approximate surface area is 137 Å². The molecule has 0 saturated heterocycles. The summed E-state index contributed by atoms with van der Waals surface area (Å²) >= 11 is 0. The number of ether oxygens (including phenoxy) is 1. The van der Waals surface area contributed by atoms with Crippen LogP contribution in [-0.2, 0) is 10.0 Å². The smallest absolute Gasteiger partial charge is 0.264 e. The summed E-state index contributed by atoms with van der Waals surface area (Å²) in [6.07, 6.45) is 0.624. The minimum absolute atomic E-state index is 0.133. The van der Waals surface area contributed by atoms with Crippen molar-refractivity contribution in [3.05, 3.63) is 53.6 Å². The van der Waals surface area contributed by atoms with Gasteiger partial charge in [0.2, 0.25) is 0 Å². The molecule has 2 aromatic carbocycles. The van der Waals surface area contributed by atoms with E-state index in [0.717, 1.165) is 17.5 Å². The summed E-state index contributed by atoms with van der Waals surface area (Å²) < 4.78 is 33.6. The van der Waals surface area contributed by atoms with Crippen LogP contribution < -0.4 is 9.04 Å². The van der Waals surface area contributed by atoms with Gasteiger partial charge in [-0.2, -0.15) is 0 Å². The molecule has 0 aliphatic carbocycles. The summed E-state index contributed by atoms with van der Waals surface area (Å²) in [6.45, 7) is 6.24. The minimum Gasteiger partial charge on any atom is -0.486 e. The lowest BCUT2D eigenvalue weighted by atomic mass is 10.1. The molecule has 0 saturated carbocycles. The Morgan fingerprint density at radius 1 is 1.13 bits per heavy atom. The normalized spacial score (nSPS) is 17.5. The number of para-hydroxylation sites is 2. The van der Waals surface area contributed by atoms with E-state index in [-0.39, 0.29) is 6.10 Å². The van der Waals surface area contributed by atoms with Crippen LogP contribution in [0.4, 0.5) is 5.69 Å². The third-order valence-electron chi connectivity index (χ3n) is 4.32. The molecule has 1 aliphatic heterocycles. The van der Waals surface area contributed by atoms with Gasteiger partial charge in [-0.25, -0.2) is 8.42 Å². The van der Waals surface area contributed by atoms with Gasteiger partial charge in [-0.05, 0) is 55.7 Å². The summed E-state index contributed by atoms with van der Waals surface area (Å²) in [5, 5.41) is 0. The lowest BCUT2D eigenvalue weighted by Gasteiger charge is -2.35.